The fraction of sp³-hybridized carbons (Fsp3) is 0.364. The number of anilines is 1. The Hall–Kier alpha value is -3.45. The molecule has 4 heterocycles. The normalized spacial score (nSPS) is 17.5. The molecule has 4 rings (SSSR count). The predicted molar refractivity (Wildman–Crippen MR) is 135 cm³/mol. The Morgan fingerprint density at radius 2 is 1.94 bits per heavy atom. The number of aliphatic carboxylic acids is 1. The van der Waals surface area contributed by atoms with Crippen LogP contribution in [0.25, 0.3) is 11.7 Å². The lowest BCUT2D eigenvalue weighted by Crippen LogP contribution is -2.49. The quantitative estimate of drug-likeness (QED) is 0.461. The number of piperazine rings is 1. The molecule has 0 radical (unpaired) electrons. The summed E-state index contributed by atoms with van der Waals surface area (Å²) in [5, 5.41) is 9.09. The molecule has 13 heteroatoms. The van der Waals surface area contributed by atoms with Crippen molar-refractivity contribution in [2.24, 2.45) is 0 Å². The number of thioether (sulfide) groups is 1. The van der Waals surface area contributed by atoms with Gasteiger partial charge < -0.3 is 19.6 Å². The van der Waals surface area contributed by atoms with Gasteiger partial charge in [0.05, 0.1) is 17.1 Å². The molecule has 0 bridgehead atoms. The smallest absolute Gasteiger partial charge is 0.409 e. The number of hydrogen-bond acceptors (Lipinski definition) is 9. The number of aromatic nitrogens is 2. The third-order valence-electron chi connectivity index (χ3n) is 5.53. The Morgan fingerprint density at radius 3 is 2.60 bits per heavy atom. The van der Waals surface area contributed by atoms with Crippen molar-refractivity contribution in [1.29, 1.82) is 0 Å². The van der Waals surface area contributed by atoms with E-state index in [1.54, 1.807) is 24.1 Å². The van der Waals surface area contributed by atoms with Gasteiger partial charge >= 0.3 is 12.1 Å². The summed E-state index contributed by atoms with van der Waals surface area (Å²) in [4.78, 5) is 58.9. The molecule has 2 aliphatic heterocycles. The summed E-state index contributed by atoms with van der Waals surface area (Å²) in [5.41, 5.74) is 1.12. The van der Waals surface area contributed by atoms with Crippen LogP contribution in [0.3, 0.4) is 0 Å². The van der Waals surface area contributed by atoms with E-state index in [0.717, 1.165) is 22.2 Å². The molecule has 35 heavy (non-hydrogen) atoms. The molecule has 0 aromatic carbocycles. The van der Waals surface area contributed by atoms with Crippen LogP contribution in [0.5, 0.6) is 0 Å². The zero-order chi connectivity index (χ0) is 25.3. The van der Waals surface area contributed by atoms with Gasteiger partial charge in [-0.25, -0.2) is 9.78 Å². The first kappa shape index (κ1) is 24.7. The fourth-order valence-corrected chi connectivity index (χ4v) is 5.07. The molecule has 2 aromatic rings. The van der Waals surface area contributed by atoms with Gasteiger partial charge in [0.1, 0.15) is 22.3 Å². The Bertz CT molecular complexity index is 1320. The van der Waals surface area contributed by atoms with Gasteiger partial charge in [-0.15, -0.1) is 0 Å². The molecule has 0 atom stereocenters. The largest absolute Gasteiger partial charge is 0.480 e. The van der Waals surface area contributed by atoms with Crippen LogP contribution < -0.4 is 10.5 Å². The van der Waals surface area contributed by atoms with Crippen molar-refractivity contribution in [3.05, 3.63) is 44.7 Å². The average Bonchev–Trinajstić information content (AvgIpc) is 3.08. The van der Waals surface area contributed by atoms with E-state index in [1.165, 1.54) is 10.5 Å². The van der Waals surface area contributed by atoms with Gasteiger partial charge in [0, 0.05) is 32.4 Å². The topological polar surface area (TPSA) is 125 Å². The molecule has 2 aromatic heterocycles. The Morgan fingerprint density at radius 1 is 1.23 bits per heavy atom. The van der Waals surface area contributed by atoms with E-state index in [4.69, 9.17) is 27.0 Å². The zero-order valence-electron chi connectivity index (χ0n) is 19.1. The van der Waals surface area contributed by atoms with Crippen LogP contribution in [-0.2, 0) is 14.3 Å². The van der Waals surface area contributed by atoms with Crippen LogP contribution in [0.1, 0.15) is 18.1 Å². The number of amides is 2. The molecule has 0 saturated carbocycles. The number of carboxylic acids is 1. The lowest BCUT2D eigenvalue weighted by Gasteiger charge is -2.35. The molecule has 184 valence electrons. The number of rotatable bonds is 5. The molecule has 2 saturated heterocycles. The number of hydrogen-bond donors (Lipinski definition) is 1. The second kappa shape index (κ2) is 10.0. The Balaban J connectivity index is 1.75. The molecule has 0 aliphatic carbocycles. The minimum Gasteiger partial charge on any atom is -0.480 e. The van der Waals surface area contributed by atoms with Crippen LogP contribution in [-0.4, -0.2) is 85.9 Å². The van der Waals surface area contributed by atoms with Crippen molar-refractivity contribution >= 4 is 63.8 Å². The second-order valence-corrected chi connectivity index (χ2v) is 9.60. The van der Waals surface area contributed by atoms with Crippen LogP contribution in [0.4, 0.5) is 10.6 Å². The van der Waals surface area contributed by atoms with Crippen molar-refractivity contribution in [3.63, 3.8) is 0 Å². The van der Waals surface area contributed by atoms with Gasteiger partial charge in [-0.1, -0.05) is 30.0 Å². The highest BCUT2D eigenvalue weighted by Crippen LogP contribution is 2.33. The predicted octanol–water partition coefficient (Wildman–Crippen LogP) is 1.57. The molecule has 11 nitrogen and oxygen atoms in total. The third kappa shape index (κ3) is 5.00. The highest BCUT2D eigenvalue weighted by atomic mass is 32.2. The summed E-state index contributed by atoms with van der Waals surface area (Å²) in [5.74, 6) is -1.38. The standard InChI is InChI=1S/C22H23N5O6S2/c1-3-33-21(32)25-8-6-24(7-9-25)18-14(19(30)26-11-13(2)4-5-16(26)23-18)10-15-20(31)27(12-17(28)29)22(34)35-15/h4-5,10-11H,3,6-9,12H2,1-2H3,(H,28,29). The SMILES string of the molecule is CCOC(=O)N1CCN(c2nc3ccc(C)cn3c(=O)c2C=C2SC(=S)N(CC(=O)O)C2=O)CC1. The van der Waals surface area contributed by atoms with E-state index in [9.17, 15) is 19.2 Å². The van der Waals surface area contributed by atoms with Gasteiger partial charge in [-0.2, -0.15) is 0 Å². The summed E-state index contributed by atoms with van der Waals surface area (Å²) in [6, 6.07) is 3.59. The molecular weight excluding hydrogens is 494 g/mol. The molecule has 1 N–H and O–H groups in total. The van der Waals surface area contributed by atoms with E-state index in [2.05, 4.69) is 0 Å². The molecule has 2 fully saturated rings. The molecule has 0 spiro atoms. The first-order chi connectivity index (χ1) is 16.7. The molecule has 0 unspecified atom stereocenters. The number of nitrogens with zero attached hydrogens (tertiary/aromatic N) is 5. The number of carbonyl (C=O) groups is 3. The van der Waals surface area contributed by atoms with Gasteiger partial charge in [0.25, 0.3) is 11.5 Å². The minimum atomic E-state index is -1.19. The van der Waals surface area contributed by atoms with E-state index in [-0.39, 0.29) is 27.0 Å². The van der Waals surface area contributed by atoms with Gasteiger partial charge in [0.2, 0.25) is 0 Å². The van der Waals surface area contributed by atoms with Crippen LogP contribution in [0.2, 0.25) is 0 Å². The van der Waals surface area contributed by atoms with E-state index < -0.39 is 24.5 Å². The fourth-order valence-electron chi connectivity index (χ4n) is 3.83. The maximum atomic E-state index is 13.5. The molecule has 2 amide bonds. The van der Waals surface area contributed by atoms with Crippen molar-refractivity contribution < 1.29 is 24.2 Å². The summed E-state index contributed by atoms with van der Waals surface area (Å²) in [6.07, 6.45) is 2.70. The lowest BCUT2D eigenvalue weighted by atomic mass is 10.2. The number of carboxylic acid groups (broad SMARTS) is 1. The second-order valence-electron chi connectivity index (χ2n) is 7.92. The number of fused-ring (bicyclic) bond motifs is 1. The highest BCUT2D eigenvalue weighted by Gasteiger charge is 2.34. The summed E-state index contributed by atoms with van der Waals surface area (Å²) in [6.45, 7) is 4.91. The van der Waals surface area contributed by atoms with Crippen molar-refractivity contribution in [1.82, 2.24) is 19.2 Å². The zero-order valence-corrected chi connectivity index (χ0v) is 20.7. The van der Waals surface area contributed by atoms with Gasteiger partial charge in [0.15, 0.2) is 0 Å². The summed E-state index contributed by atoms with van der Waals surface area (Å²) >= 11 is 6.12. The maximum Gasteiger partial charge on any atom is 0.409 e. The van der Waals surface area contributed by atoms with Crippen LogP contribution in [0.15, 0.2) is 28.0 Å². The van der Waals surface area contributed by atoms with E-state index >= 15 is 0 Å². The number of carbonyl (C=O) groups excluding carboxylic acids is 2. The number of aryl methyl sites for hydroxylation is 1. The van der Waals surface area contributed by atoms with Crippen LogP contribution in [0, 0.1) is 6.92 Å². The first-order valence-corrected chi connectivity index (χ1v) is 12.1. The Kier molecular flexibility index (Phi) is 7.08. The summed E-state index contributed by atoms with van der Waals surface area (Å²) < 4.78 is 6.60. The van der Waals surface area contributed by atoms with Crippen molar-refractivity contribution in [3.8, 4) is 0 Å². The minimum absolute atomic E-state index is 0.109. The van der Waals surface area contributed by atoms with Crippen LogP contribution >= 0.6 is 24.0 Å². The highest BCUT2D eigenvalue weighted by molar-refractivity contribution is 8.26. The maximum absolute atomic E-state index is 13.5. The number of pyridine rings is 1. The Labute approximate surface area is 210 Å². The molecule has 2 aliphatic rings. The lowest BCUT2D eigenvalue weighted by molar-refractivity contribution is -0.140. The van der Waals surface area contributed by atoms with Crippen molar-refractivity contribution in [2.75, 3.05) is 44.2 Å². The van der Waals surface area contributed by atoms with Gasteiger partial charge in [-0.05, 0) is 31.6 Å². The van der Waals surface area contributed by atoms with Crippen molar-refractivity contribution in [2.45, 2.75) is 13.8 Å². The third-order valence-corrected chi connectivity index (χ3v) is 6.91. The summed E-state index contributed by atoms with van der Waals surface area (Å²) in [7, 11) is 0. The number of ether oxygens (including phenoxy) is 1. The monoisotopic (exact) mass is 517 g/mol. The first-order valence-electron chi connectivity index (χ1n) is 10.9. The number of thiocarbonyl (C=S) groups is 1. The molecular formula is C22H23N5O6S2. The van der Waals surface area contributed by atoms with E-state index in [0.29, 0.717) is 37.6 Å². The van der Waals surface area contributed by atoms with Gasteiger partial charge in [-0.3, -0.25) is 23.7 Å². The van der Waals surface area contributed by atoms with E-state index in [1.807, 2.05) is 17.9 Å². The average molecular weight is 518 g/mol.